The Balaban J connectivity index is 1.99. The molecule has 7 heteroatoms. The normalized spacial score (nSPS) is 16.1. The van der Waals surface area contributed by atoms with Crippen molar-refractivity contribution in [1.82, 2.24) is 14.5 Å². The van der Waals surface area contributed by atoms with E-state index in [9.17, 15) is 4.79 Å². The van der Waals surface area contributed by atoms with Crippen molar-refractivity contribution in [1.29, 1.82) is 0 Å². The molecule has 5 nitrogen and oxygen atoms in total. The van der Waals surface area contributed by atoms with Crippen LogP contribution >= 0.6 is 11.3 Å². The highest BCUT2D eigenvalue weighted by molar-refractivity contribution is 7.25. The molecule has 0 unspecified atom stereocenters. The van der Waals surface area contributed by atoms with E-state index >= 15 is 0 Å². The molecule has 0 amide bonds. The number of rotatable bonds is 2. The summed E-state index contributed by atoms with van der Waals surface area (Å²) in [6.45, 7) is 0. The average molecular weight is 338 g/mol. The minimum absolute atomic E-state index is 0.0539. The van der Waals surface area contributed by atoms with Crippen LogP contribution in [0.15, 0.2) is 17.3 Å². The van der Waals surface area contributed by atoms with Gasteiger partial charge in [0.2, 0.25) is 0 Å². The van der Waals surface area contributed by atoms with E-state index in [1.807, 2.05) is 23.6 Å². The third-order valence-corrected chi connectivity index (χ3v) is 5.93. The molecule has 122 valence electrons. The van der Waals surface area contributed by atoms with Gasteiger partial charge in [0.1, 0.15) is 17.4 Å². The number of hydrogen-bond acceptors (Lipinski definition) is 5. The molecule has 1 aliphatic carbocycles. The van der Waals surface area contributed by atoms with Gasteiger partial charge in [0.25, 0.3) is 5.56 Å². The Morgan fingerprint density at radius 1 is 1.25 bits per heavy atom. The SMILES string of the molecule is [B]c1cnc2sc3c(=O)n(C4CCCCC4)cnc3c2c1N(C)C. The first-order valence-electron chi connectivity index (χ1n) is 8.33. The van der Waals surface area contributed by atoms with Crippen LogP contribution in [-0.4, -0.2) is 36.5 Å². The topological polar surface area (TPSA) is 51.0 Å². The van der Waals surface area contributed by atoms with Gasteiger partial charge in [-0.05, 0) is 12.8 Å². The van der Waals surface area contributed by atoms with Crippen LogP contribution in [0, 0.1) is 0 Å². The minimum Gasteiger partial charge on any atom is -0.377 e. The van der Waals surface area contributed by atoms with E-state index in [0.717, 1.165) is 34.3 Å². The number of aromatic nitrogens is 3. The number of anilines is 1. The molecule has 24 heavy (non-hydrogen) atoms. The smallest absolute Gasteiger partial charge is 0.271 e. The first-order chi connectivity index (χ1) is 11.6. The predicted molar refractivity (Wildman–Crippen MR) is 101 cm³/mol. The molecular weight excluding hydrogens is 319 g/mol. The van der Waals surface area contributed by atoms with Crippen LogP contribution in [-0.2, 0) is 0 Å². The monoisotopic (exact) mass is 338 g/mol. The van der Waals surface area contributed by atoms with E-state index in [-0.39, 0.29) is 11.6 Å². The number of thiophene rings is 1. The van der Waals surface area contributed by atoms with Crippen molar-refractivity contribution in [3.05, 3.63) is 22.9 Å². The van der Waals surface area contributed by atoms with Crippen LogP contribution in [0.5, 0.6) is 0 Å². The summed E-state index contributed by atoms with van der Waals surface area (Å²) >= 11 is 1.42. The summed E-state index contributed by atoms with van der Waals surface area (Å²) in [7, 11) is 10.00. The number of hydrogen-bond donors (Lipinski definition) is 0. The molecular formula is C17H19BN4OS. The molecule has 3 aromatic heterocycles. The zero-order valence-corrected chi connectivity index (χ0v) is 14.8. The maximum Gasteiger partial charge on any atom is 0.271 e. The molecule has 2 radical (unpaired) electrons. The lowest BCUT2D eigenvalue weighted by Crippen LogP contribution is -2.26. The van der Waals surface area contributed by atoms with Gasteiger partial charge in [-0.2, -0.15) is 0 Å². The molecule has 0 saturated heterocycles. The molecule has 4 rings (SSSR count). The highest BCUT2D eigenvalue weighted by Crippen LogP contribution is 2.35. The first-order valence-corrected chi connectivity index (χ1v) is 9.14. The number of pyridine rings is 1. The molecule has 0 aromatic carbocycles. The number of fused-ring (bicyclic) bond motifs is 3. The molecule has 3 aromatic rings. The second-order valence-electron chi connectivity index (χ2n) is 6.67. The summed E-state index contributed by atoms with van der Waals surface area (Å²) in [4.78, 5) is 24.9. The summed E-state index contributed by atoms with van der Waals surface area (Å²) in [5, 5.41) is 0.882. The van der Waals surface area contributed by atoms with Gasteiger partial charge in [-0.25, -0.2) is 9.97 Å². The van der Waals surface area contributed by atoms with E-state index < -0.39 is 0 Å². The molecule has 0 spiro atoms. The van der Waals surface area contributed by atoms with Gasteiger partial charge in [0.05, 0.1) is 17.2 Å². The van der Waals surface area contributed by atoms with Crippen LogP contribution in [0.1, 0.15) is 38.1 Å². The fourth-order valence-corrected chi connectivity index (χ4v) is 4.75. The predicted octanol–water partition coefficient (Wildman–Crippen LogP) is 2.37. The summed E-state index contributed by atoms with van der Waals surface area (Å²) in [5.74, 6) is 0. The third kappa shape index (κ3) is 2.33. The van der Waals surface area contributed by atoms with E-state index in [1.54, 1.807) is 12.5 Å². The Kier molecular flexibility index (Phi) is 3.83. The Bertz CT molecular complexity index is 972. The fraction of sp³-hybridized carbons (Fsp3) is 0.471. The summed E-state index contributed by atoms with van der Waals surface area (Å²) < 4.78 is 2.51. The van der Waals surface area contributed by atoms with Crippen molar-refractivity contribution in [2.24, 2.45) is 0 Å². The lowest BCUT2D eigenvalue weighted by Gasteiger charge is -2.23. The Hall–Kier alpha value is -1.89. The van der Waals surface area contributed by atoms with Crippen molar-refractivity contribution in [2.45, 2.75) is 38.1 Å². The molecule has 3 heterocycles. The van der Waals surface area contributed by atoms with Gasteiger partial charge < -0.3 is 4.90 Å². The largest absolute Gasteiger partial charge is 0.377 e. The van der Waals surface area contributed by atoms with Crippen LogP contribution in [0.4, 0.5) is 5.69 Å². The quantitative estimate of drug-likeness (QED) is 0.673. The molecule has 1 fully saturated rings. The average Bonchev–Trinajstić information content (AvgIpc) is 2.95. The Morgan fingerprint density at radius 3 is 2.71 bits per heavy atom. The summed E-state index contributed by atoms with van der Waals surface area (Å²) in [6, 6.07) is 0.278. The van der Waals surface area contributed by atoms with Crippen molar-refractivity contribution in [3.8, 4) is 0 Å². The van der Waals surface area contributed by atoms with Gasteiger partial charge in [-0.1, -0.05) is 24.7 Å². The van der Waals surface area contributed by atoms with E-state index in [1.165, 1.54) is 30.6 Å². The second-order valence-corrected chi connectivity index (χ2v) is 7.66. The molecule has 0 N–H and O–H groups in total. The van der Waals surface area contributed by atoms with Crippen LogP contribution in [0.2, 0.25) is 0 Å². The van der Waals surface area contributed by atoms with Gasteiger partial charge in [-0.15, -0.1) is 11.3 Å². The van der Waals surface area contributed by atoms with Gasteiger partial charge in [0, 0.05) is 32.0 Å². The molecule has 0 aliphatic heterocycles. The minimum atomic E-state index is 0.0539. The van der Waals surface area contributed by atoms with Gasteiger partial charge >= 0.3 is 0 Å². The number of nitrogens with zero attached hydrogens (tertiary/aromatic N) is 4. The van der Waals surface area contributed by atoms with E-state index in [0.29, 0.717) is 10.2 Å². The highest BCUT2D eigenvalue weighted by Gasteiger charge is 2.21. The zero-order chi connectivity index (χ0) is 16.8. The molecule has 0 bridgehead atoms. The lowest BCUT2D eigenvalue weighted by atomic mass is 9.94. The lowest BCUT2D eigenvalue weighted by molar-refractivity contribution is 0.345. The fourth-order valence-electron chi connectivity index (χ4n) is 3.71. The van der Waals surface area contributed by atoms with Crippen molar-refractivity contribution < 1.29 is 0 Å². The maximum absolute atomic E-state index is 13.0. The van der Waals surface area contributed by atoms with Crippen LogP contribution in [0.25, 0.3) is 20.4 Å². The Morgan fingerprint density at radius 2 is 2.00 bits per heavy atom. The Labute approximate surface area is 145 Å². The maximum atomic E-state index is 13.0. The first kappa shape index (κ1) is 15.6. The van der Waals surface area contributed by atoms with Crippen molar-refractivity contribution in [3.63, 3.8) is 0 Å². The molecule has 1 aliphatic rings. The van der Waals surface area contributed by atoms with E-state index in [2.05, 4.69) is 9.97 Å². The standard InChI is InChI=1S/C17H19BN4OS/c1-21(2)14-11(18)8-19-16-12(14)13-15(24-16)17(23)22(9-20-13)10-6-4-3-5-7-10/h8-10H,3-7H2,1-2H3. The summed E-state index contributed by atoms with van der Waals surface area (Å²) in [6.07, 6.45) is 9.13. The molecule has 0 atom stereocenters. The summed E-state index contributed by atoms with van der Waals surface area (Å²) in [5.41, 5.74) is 2.26. The van der Waals surface area contributed by atoms with E-state index in [4.69, 9.17) is 7.85 Å². The van der Waals surface area contributed by atoms with Crippen LogP contribution < -0.4 is 15.9 Å². The van der Waals surface area contributed by atoms with Crippen LogP contribution in [0.3, 0.4) is 0 Å². The van der Waals surface area contributed by atoms with Gasteiger partial charge in [-0.3, -0.25) is 9.36 Å². The second kappa shape index (κ2) is 5.88. The highest BCUT2D eigenvalue weighted by atomic mass is 32.1. The molecule has 1 saturated carbocycles. The van der Waals surface area contributed by atoms with Crippen molar-refractivity contribution >= 4 is 50.8 Å². The van der Waals surface area contributed by atoms with Crippen molar-refractivity contribution in [2.75, 3.05) is 19.0 Å². The van der Waals surface area contributed by atoms with Gasteiger partial charge in [0.15, 0.2) is 0 Å². The third-order valence-electron chi connectivity index (χ3n) is 4.85. The zero-order valence-electron chi connectivity index (χ0n) is 14.0.